The van der Waals surface area contributed by atoms with Gasteiger partial charge in [0.25, 0.3) is 0 Å². The summed E-state index contributed by atoms with van der Waals surface area (Å²) in [5.41, 5.74) is 13.6. The second-order valence-electron chi connectivity index (χ2n) is 7.85. The van der Waals surface area contributed by atoms with E-state index < -0.39 is 11.6 Å². The minimum absolute atomic E-state index is 0.0233. The van der Waals surface area contributed by atoms with E-state index in [2.05, 4.69) is 30.5 Å². The fourth-order valence-electron chi connectivity index (χ4n) is 3.91. The molecule has 0 radical (unpaired) electrons. The molecule has 0 saturated heterocycles. The first-order valence-corrected chi connectivity index (χ1v) is 10.7. The molecule has 11 heteroatoms. The maximum Gasteiger partial charge on any atom is 0.221 e. The molecule has 0 bridgehead atoms. The summed E-state index contributed by atoms with van der Waals surface area (Å²) >= 11 is 0. The number of azo groups is 1. The zero-order valence-corrected chi connectivity index (χ0v) is 18.9. The van der Waals surface area contributed by atoms with Crippen LogP contribution in [0.25, 0.3) is 11.5 Å². The van der Waals surface area contributed by atoms with Gasteiger partial charge in [0.05, 0.1) is 22.5 Å². The summed E-state index contributed by atoms with van der Waals surface area (Å²) in [7, 11) is 0. The zero-order valence-electron chi connectivity index (χ0n) is 18.9. The molecule has 36 heavy (non-hydrogen) atoms. The lowest BCUT2D eigenvalue weighted by molar-refractivity contribution is -0.114. The number of fused-ring (bicyclic) bond motifs is 2. The van der Waals surface area contributed by atoms with Crippen molar-refractivity contribution >= 4 is 46.2 Å². The highest BCUT2D eigenvalue weighted by atomic mass is 16.2. The number of carbonyl (C=O) groups is 3. The molecule has 1 aliphatic carbocycles. The van der Waals surface area contributed by atoms with Crippen molar-refractivity contribution < 1.29 is 14.4 Å². The quantitative estimate of drug-likeness (QED) is 0.326. The Morgan fingerprint density at radius 3 is 2.17 bits per heavy atom. The number of nitrogen functional groups attached to an aromatic ring is 2. The van der Waals surface area contributed by atoms with Crippen LogP contribution in [-0.2, 0) is 4.79 Å². The summed E-state index contributed by atoms with van der Waals surface area (Å²) in [6, 6.07) is 14.6. The number of benzene rings is 2. The molecule has 11 nitrogen and oxygen atoms in total. The van der Waals surface area contributed by atoms with E-state index >= 15 is 0 Å². The molecule has 5 N–H and O–H groups in total. The smallest absolute Gasteiger partial charge is 0.221 e. The number of carbonyl (C=O) groups excluding carboxylic acids is 3. The maximum atomic E-state index is 13.4. The molecule has 2 heterocycles. The van der Waals surface area contributed by atoms with Crippen LogP contribution in [0.4, 0.5) is 28.7 Å². The van der Waals surface area contributed by atoms with Gasteiger partial charge in [0.1, 0.15) is 5.69 Å². The SMILES string of the molecule is CC(=O)Nc1cccc2c1C(=O)c1cccc(/N=N/c3c(N)nc(-c4ccccn4)nc3N)c1C2=O. The van der Waals surface area contributed by atoms with Gasteiger partial charge in [0.15, 0.2) is 34.7 Å². The second kappa shape index (κ2) is 8.80. The number of nitrogens with zero attached hydrogens (tertiary/aromatic N) is 5. The first-order valence-electron chi connectivity index (χ1n) is 10.7. The summed E-state index contributed by atoms with van der Waals surface area (Å²) in [4.78, 5) is 50.9. The second-order valence-corrected chi connectivity index (χ2v) is 7.85. The van der Waals surface area contributed by atoms with Crippen molar-refractivity contribution in [1.29, 1.82) is 0 Å². The van der Waals surface area contributed by atoms with Crippen molar-refractivity contribution in [3.05, 3.63) is 83.0 Å². The van der Waals surface area contributed by atoms with E-state index in [1.165, 1.54) is 19.1 Å². The van der Waals surface area contributed by atoms with Crippen LogP contribution in [0, 0.1) is 0 Å². The summed E-state index contributed by atoms with van der Waals surface area (Å²) in [6.45, 7) is 1.32. The normalized spacial score (nSPS) is 12.4. The van der Waals surface area contributed by atoms with Crippen molar-refractivity contribution in [2.24, 2.45) is 10.2 Å². The predicted molar refractivity (Wildman–Crippen MR) is 132 cm³/mol. The number of hydrogen-bond donors (Lipinski definition) is 3. The monoisotopic (exact) mass is 478 g/mol. The number of nitrogens with two attached hydrogens (primary N) is 2. The number of anilines is 3. The van der Waals surface area contributed by atoms with Crippen molar-refractivity contribution in [1.82, 2.24) is 15.0 Å². The van der Waals surface area contributed by atoms with Gasteiger partial charge in [-0.1, -0.05) is 30.3 Å². The average molecular weight is 478 g/mol. The van der Waals surface area contributed by atoms with Gasteiger partial charge in [-0.05, 0) is 24.3 Å². The summed E-state index contributed by atoms with van der Waals surface area (Å²) in [5, 5.41) is 10.9. The van der Waals surface area contributed by atoms with Gasteiger partial charge in [-0.25, -0.2) is 9.97 Å². The first-order chi connectivity index (χ1) is 17.3. The Kier molecular flexibility index (Phi) is 5.49. The Balaban J connectivity index is 1.55. The average Bonchev–Trinajstić information content (AvgIpc) is 2.86. The molecule has 0 aliphatic heterocycles. The van der Waals surface area contributed by atoms with Gasteiger partial charge < -0.3 is 16.8 Å². The Bertz CT molecular complexity index is 1580. The van der Waals surface area contributed by atoms with Gasteiger partial charge in [0, 0.05) is 24.2 Å². The van der Waals surface area contributed by atoms with Crippen LogP contribution in [0.3, 0.4) is 0 Å². The van der Waals surface area contributed by atoms with Crippen molar-refractivity contribution in [3.8, 4) is 11.5 Å². The Hall–Kier alpha value is -5.32. The van der Waals surface area contributed by atoms with E-state index in [1.54, 1.807) is 48.7 Å². The van der Waals surface area contributed by atoms with Gasteiger partial charge >= 0.3 is 0 Å². The van der Waals surface area contributed by atoms with Gasteiger partial charge in [-0.3, -0.25) is 19.4 Å². The molecule has 1 amide bonds. The number of rotatable bonds is 4. The molecule has 0 saturated carbocycles. The third-order valence-electron chi connectivity index (χ3n) is 5.45. The highest BCUT2D eigenvalue weighted by Gasteiger charge is 2.33. The summed E-state index contributed by atoms with van der Waals surface area (Å²) in [5.74, 6) is -1.02. The minimum Gasteiger partial charge on any atom is -0.382 e. The largest absolute Gasteiger partial charge is 0.382 e. The molecule has 5 rings (SSSR count). The Morgan fingerprint density at radius 2 is 1.50 bits per heavy atom. The number of pyridine rings is 1. The van der Waals surface area contributed by atoms with E-state index in [-0.39, 0.29) is 62.7 Å². The van der Waals surface area contributed by atoms with Crippen LogP contribution in [0.2, 0.25) is 0 Å². The molecule has 2 aromatic carbocycles. The molecule has 2 aromatic heterocycles. The van der Waals surface area contributed by atoms with Crippen LogP contribution in [0.15, 0.2) is 71.0 Å². The van der Waals surface area contributed by atoms with Crippen molar-refractivity contribution in [2.45, 2.75) is 6.92 Å². The predicted octanol–water partition coefficient (Wildman–Crippen LogP) is 3.85. The Morgan fingerprint density at radius 1 is 0.833 bits per heavy atom. The van der Waals surface area contributed by atoms with Crippen LogP contribution < -0.4 is 16.8 Å². The number of nitrogens with one attached hydrogen (secondary N) is 1. The van der Waals surface area contributed by atoms with Crippen LogP contribution in [-0.4, -0.2) is 32.4 Å². The summed E-state index contributed by atoms with van der Waals surface area (Å²) in [6.07, 6.45) is 1.59. The Labute approximate surface area is 204 Å². The minimum atomic E-state index is -0.427. The fourth-order valence-corrected chi connectivity index (χ4v) is 3.91. The molecule has 4 aromatic rings. The van der Waals surface area contributed by atoms with E-state index in [1.807, 2.05) is 0 Å². The van der Waals surface area contributed by atoms with E-state index in [0.717, 1.165) is 0 Å². The lowest BCUT2D eigenvalue weighted by atomic mass is 9.82. The van der Waals surface area contributed by atoms with E-state index in [0.29, 0.717) is 5.69 Å². The number of aromatic nitrogens is 3. The van der Waals surface area contributed by atoms with E-state index in [4.69, 9.17) is 11.5 Å². The molecule has 1 aliphatic rings. The molecular weight excluding hydrogens is 460 g/mol. The molecule has 176 valence electrons. The van der Waals surface area contributed by atoms with Crippen LogP contribution in [0.1, 0.15) is 38.8 Å². The number of amides is 1. The lowest BCUT2D eigenvalue weighted by Crippen LogP contribution is -2.23. The highest BCUT2D eigenvalue weighted by Crippen LogP contribution is 2.38. The standard InChI is InChI=1S/C25H18N8O3/c1-12(34)29-15-9-4-6-13-18(15)21(35)14-7-5-10-16(19(14)22(13)36)32-33-20-23(26)30-25(31-24(20)27)17-8-2-3-11-28-17/h2-11H,1H3,(H,29,34)(H4,26,27,30,31)/b33-32+. The summed E-state index contributed by atoms with van der Waals surface area (Å²) < 4.78 is 0. The van der Waals surface area contributed by atoms with Gasteiger partial charge in [0.2, 0.25) is 5.91 Å². The lowest BCUT2D eigenvalue weighted by Gasteiger charge is -2.21. The maximum absolute atomic E-state index is 13.4. The molecule has 0 spiro atoms. The number of ketones is 2. The molecule has 0 unspecified atom stereocenters. The van der Waals surface area contributed by atoms with Gasteiger partial charge in [-0.2, -0.15) is 0 Å². The van der Waals surface area contributed by atoms with Crippen molar-refractivity contribution in [2.75, 3.05) is 16.8 Å². The first kappa shape index (κ1) is 22.5. The molecule has 0 fully saturated rings. The third kappa shape index (κ3) is 3.84. The highest BCUT2D eigenvalue weighted by molar-refractivity contribution is 6.32. The molecular formula is C25H18N8O3. The van der Waals surface area contributed by atoms with Crippen LogP contribution >= 0.6 is 0 Å². The fraction of sp³-hybridized carbons (Fsp3) is 0.0400. The van der Waals surface area contributed by atoms with Crippen LogP contribution in [0.5, 0.6) is 0 Å². The van der Waals surface area contributed by atoms with E-state index in [9.17, 15) is 14.4 Å². The molecule has 0 atom stereocenters. The van der Waals surface area contributed by atoms with Crippen molar-refractivity contribution in [3.63, 3.8) is 0 Å². The third-order valence-corrected chi connectivity index (χ3v) is 5.45. The topological polar surface area (TPSA) is 179 Å². The zero-order chi connectivity index (χ0) is 25.4. The number of hydrogen-bond acceptors (Lipinski definition) is 10. The van der Waals surface area contributed by atoms with Gasteiger partial charge in [-0.15, -0.1) is 10.2 Å².